The molecule has 1 radical (unpaired) electrons. The average molecular weight is 941 g/mol. The van der Waals surface area contributed by atoms with Crippen molar-refractivity contribution in [3.05, 3.63) is 174 Å². The number of pyridine rings is 1. The van der Waals surface area contributed by atoms with Gasteiger partial charge in [-0.3, -0.25) is 4.98 Å². The van der Waals surface area contributed by atoms with Crippen LogP contribution in [-0.4, -0.2) is 14.5 Å². The third-order valence-corrected chi connectivity index (χ3v) is 10.6. The maximum absolute atomic E-state index is 7.54. The summed E-state index contributed by atoms with van der Waals surface area (Å²) in [6.07, 6.45) is 1.02. The van der Waals surface area contributed by atoms with Gasteiger partial charge in [0.15, 0.2) is 0 Å². The van der Waals surface area contributed by atoms with Crippen molar-refractivity contribution in [2.75, 3.05) is 0 Å². The first kappa shape index (κ1) is 29.4. The van der Waals surface area contributed by atoms with E-state index in [9.17, 15) is 0 Å². The van der Waals surface area contributed by atoms with Crippen LogP contribution in [0.3, 0.4) is 0 Å². The van der Waals surface area contributed by atoms with Crippen LogP contribution in [0.15, 0.2) is 138 Å². The number of benzene rings is 7. The fourth-order valence-electron chi connectivity index (χ4n) is 7.93. The standard InChI is InChI=1S/C39H31N2O.C14H14N.Ir/c1-23(2)31-22-26-21-20-25-12-5-6-13-27(25)36(26)35(24(3)4)37(31)41-33-18-9-8-17-32(33)40-39(41)30-16-11-15-29-28-14-7-10-19-34(28)42-38(29)30;1-10-4-6-13(7-5-10)14-8-11(2)12(3)9-15-14;/h5-15,17-24H,1-4H3;4-6,8-9H,1-3H3;/q2*-1;/i;1D3,2D3,3D3;. The van der Waals surface area contributed by atoms with Gasteiger partial charge in [-0.2, -0.15) is 0 Å². The second kappa shape index (κ2) is 15.8. The summed E-state index contributed by atoms with van der Waals surface area (Å²) >= 11 is 0. The first-order valence-corrected chi connectivity index (χ1v) is 19.1. The molecule has 58 heavy (non-hydrogen) atoms. The first-order chi connectivity index (χ1) is 31.3. The van der Waals surface area contributed by atoms with Crippen LogP contribution in [0.1, 0.15) is 79.7 Å². The number of imidazole rings is 1. The van der Waals surface area contributed by atoms with E-state index in [0.29, 0.717) is 11.5 Å². The van der Waals surface area contributed by atoms with Gasteiger partial charge in [0.1, 0.15) is 5.58 Å². The topological polar surface area (TPSA) is 43.9 Å². The maximum atomic E-state index is 7.54. The van der Waals surface area contributed by atoms with Crippen LogP contribution in [-0.2, 0) is 20.1 Å². The number of fused-ring (bicyclic) bond motifs is 7. The largest absolute Gasteiger partial charge is 0.501 e. The number of para-hydroxylation sites is 3. The third-order valence-electron chi connectivity index (χ3n) is 10.6. The van der Waals surface area contributed by atoms with E-state index in [4.69, 9.17) is 21.7 Å². The summed E-state index contributed by atoms with van der Waals surface area (Å²) in [4.78, 5) is 9.29. The maximum Gasteiger partial charge on any atom is 0.120 e. The van der Waals surface area contributed by atoms with Gasteiger partial charge in [-0.05, 0) is 93.7 Å². The van der Waals surface area contributed by atoms with Crippen molar-refractivity contribution in [1.29, 1.82) is 0 Å². The normalized spacial score (nSPS) is 14.5. The molecule has 4 nitrogen and oxygen atoms in total. The minimum atomic E-state index is -2.61. The van der Waals surface area contributed by atoms with E-state index in [1.165, 1.54) is 62.6 Å². The van der Waals surface area contributed by atoms with E-state index in [1.54, 1.807) is 0 Å². The molecule has 0 fully saturated rings. The zero-order valence-electron chi connectivity index (χ0n) is 41.4. The predicted octanol–water partition coefficient (Wildman–Crippen LogP) is 14.4. The minimum Gasteiger partial charge on any atom is -0.501 e. The summed E-state index contributed by atoms with van der Waals surface area (Å²) in [5.74, 6) is 1.42. The van der Waals surface area contributed by atoms with E-state index >= 15 is 0 Å². The van der Waals surface area contributed by atoms with Crippen LogP contribution >= 0.6 is 0 Å². The van der Waals surface area contributed by atoms with Crippen LogP contribution in [0, 0.1) is 32.7 Å². The molecule has 0 saturated heterocycles. The Balaban J connectivity index is 0.000000209. The molecule has 0 aliphatic heterocycles. The summed E-state index contributed by atoms with van der Waals surface area (Å²) in [5.41, 5.74) is 8.53. The molecular formula is C53H45IrN3O-2. The molecule has 3 heterocycles. The van der Waals surface area contributed by atoms with Gasteiger partial charge in [-0.15, -0.1) is 53.6 Å². The Bertz CT molecular complexity index is 3460. The van der Waals surface area contributed by atoms with E-state index < -0.39 is 20.6 Å². The van der Waals surface area contributed by atoms with Crippen LogP contribution in [0.5, 0.6) is 0 Å². The van der Waals surface area contributed by atoms with Crippen molar-refractivity contribution >= 4 is 54.5 Å². The second-order valence-corrected chi connectivity index (χ2v) is 15.0. The summed E-state index contributed by atoms with van der Waals surface area (Å²) in [5, 5.41) is 7.32. The number of rotatable bonds is 5. The van der Waals surface area contributed by atoms with Gasteiger partial charge >= 0.3 is 0 Å². The number of hydrogen-bond donors (Lipinski definition) is 0. The molecule has 7 aromatic carbocycles. The van der Waals surface area contributed by atoms with Gasteiger partial charge in [0.05, 0.1) is 22.4 Å². The van der Waals surface area contributed by atoms with Gasteiger partial charge in [0.2, 0.25) is 0 Å². The molecule has 0 atom stereocenters. The van der Waals surface area contributed by atoms with Crippen molar-refractivity contribution < 1.29 is 36.9 Å². The molecule has 289 valence electrons. The molecule has 10 aromatic rings. The molecule has 3 aromatic heterocycles. The van der Waals surface area contributed by atoms with Gasteiger partial charge < -0.3 is 14.0 Å². The van der Waals surface area contributed by atoms with E-state index in [1.807, 2.05) is 18.2 Å². The molecule has 0 unspecified atom stereocenters. The van der Waals surface area contributed by atoms with Crippen molar-refractivity contribution in [3.63, 3.8) is 0 Å². The summed E-state index contributed by atoms with van der Waals surface area (Å²) < 4.78 is 75.8. The first-order valence-electron chi connectivity index (χ1n) is 23.6. The molecule has 10 rings (SSSR count). The van der Waals surface area contributed by atoms with Crippen LogP contribution in [0.4, 0.5) is 0 Å². The smallest absolute Gasteiger partial charge is 0.120 e. The Labute approximate surface area is 366 Å². The van der Waals surface area contributed by atoms with E-state index in [2.05, 4.69) is 134 Å². The second-order valence-electron chi connectivity index (χ2n) is 15.0. The molecule has 5 heteroatoms. The fourth-order valence-corrected chi connectivity index (χ4v) is 7.93. The van der Waals surface area contributed by atoms with Crippen molar-refractivity contribution in [1.82, 2.24) is 14.5 Å². The zero-order chi connectivity index (χ0) is 46.9. The van der Waals surface area contributed by atoms with Crippen molar-refractivity contribution in [3.8, 4) is 28.3 Å². The molecule has 0 bridgehead atoms. The predicted molar refractivity (Wildman–Crippen MR) is 239 cm³/mol. The number of aryl methyl sites for hydroxylation is 3. The summed E-state index contributed by atoms with van der Waals surface area (Å²) in [7, 11) is 0. The molecule has 0 aliphatic carbocycles. The van der Waals surface area contributed by atoms with Crippen LogP contribution < -0.4 is 0 Å². The molecule has 0 spiro atoms. The van der Waals surface area contributed by atoms with Gasteiger partial charge in [0, 0.05) is 49.7 Å². The van der Waals surface area contributed by atoms with Gasteiger partial charge in [0.25, 0.3) is 0 Å². The average Bonchev–Trinajstić information content (AvgIpc) is 3.86. The molecule has 0 N–H and O–H groups in total. The SMILES string of the molecule is CC(C)c1cc2ccc3ccccc3c2c(C(C)C)c1-n1c(-c2[c-]ccc3c2oc2ccccc23)nc2ccccc21.[2H]C([2H])([2H])c1c[c-]c(-c2cc(C([2H])([2H])[2H])c(C([2H])([2H])[2H])cn2)cc1.[Ir]. The Morgan fingerprint density at radius 2 is 1.48 bits per heavy atom. The molecule has 0 saturated carbocycles. The third kappa shape index (κ3) is 6.83. The van der Waals surface area contributed by atoms with Crippen molar-refractivity contribution in [2.24, 2.45) is 0 Å². The fraction of sp³-hybridized carbons (Fsp3) is 0.170. The Kier molecular flexibility index (Phi) is 8.01. The van der Waals surface area contributed by atoms with E-state index in [0.717, 1.165) is 50.6 Å². The summed E-state index contributed by atoms with van der Waals surface area (Å²) in [6.45, 7) is 1.74. The molecular weight excluding hydrogens is 887 g/mol. The quantitative estimate of drug-likeness (QED) is 0.128. The Morgan fingerprint density at radius 3 is 2.26 bits per heavy atom. The Hall–Kier alpha value is -5.87. The summed E-state index contributed by atoms with van der Waals surface area (Å²) in [6, 6.07) is 48.1. The number of nitrogens with zero attached hydrogens (tertiary/aromatic N) is 3. The van der Waals surface area contributed by atoms with Crippen molar-refractivity contribution in [2.45, 2.75) is 60.1 Å². The zero-order valence-corrected chi connectivity index (χ0v) is 34.8. The Morgan fingerprint density at radius 1 is 0.707 bits per heavy atom. The van der Waals surface area contributed by atoms with Crippen LogP contribution in [0.25, 0.3) is 82.8 Å². The number of furan rings is 1. The van der Waals surface area contributed by atoms with Gasteiger partial charge in [-0.1, -0.05) is 124 Å². The number of hydrogen-bond acceptors (Lipinski definition) is 3. The molecule has 0 amide bonds. The molecule has 0 aliphatic rings. The minimum absolute atomic E-state index is 0. The number of aromatic nitrogens is 3. The van der Waals surface area contributed by atoms with Gasteiger partial charge in [-0.25, -0.2) is 0 Å². The van der Waals surface area contributed by atoms with E-state index in [-0.39, 0.29) is 48.4 Å². The van der Waals surface area contributed by atoms with Crippen LogP contribution in [0.2, 0.25) is 0 Å². The monoisotopic (exact) mass is 941 g/mol.